The molecule has 1 aliphatic rings. The Morgan fingerprint density at radius 2 is 1.85 bits per heavy atom. The van der Waals surface area contributed by atoms with E-state index >= 15 is 0 Å². The fourth-order valence-electron chi connectivity index (χ4n) is 4.14. The number of ether oxygens (including phenoxy) is 3. The lowest BCUT2D eigenvalue weighted by atomic mass is 10.1. The summed E-state index contributed by atoms with van der Waals surface area (Å²) in [6, 6.07) is 19.4. The van der Waals surface area contributed by atoms with Crippen LogP contribution >= 0.6 is 0 Å². The van der Waals surface area contributed by atoms with Crippen molar-refractivity contribution in [3.8, 4) is 17.2 Å². The zero-order chi connectivity index (χ0) is 22.9. The molecule has 33 heavy (non-hydrogen) atoms. The van der Waals surface area contributed by atoms with Crippen LogP contribution < -0.4 is 14.2 Å². The van der Waals surface area contributed by atoms with Gasteiger partial charge < -0.3 is 18.8 Å². The van der Waals surface area contributed by atoms with Crippen LogP contribution in [-0.2, 0) is 13.2 Å². The highest BCUT2D eigenvalue weighted by atomic mass is 16.5. The second-order valence-corrected chi connectivity index (χ2v) is 8.07. The number of aryl methyl sites for hydroxylation is 2. The smallest absolute Gasteiger partial charge is 0.231 e. The van der Waals surface area contributed by atoms with Crippen molar-refractivity contribution in [3.63, 3.8) is 0 Å². The molecule has 0 spiro atoms. The maximum atomic E-state index is 13.0. The highest BCUT2D eigenvalue weighted by molar-refractivity contribution is 6.15. The van der Waals surface area contributed by atoms with E-state index in [1.807, 2.05) is 54.7 Å². The summed E-state index contributed by atoms with van der Waals surface area (Å²) in [5.74, 6) is 2.13. The first kappa shape index (κ1) is 20.9. The standard InChI is InChI=1S/C28H25NO4/c1-4-29-16-20(24-14-21(31-3)10-12-25(24)29)13-27-28(30)23-11-9-22(15-26(23)33-27)32-17-19-8-6-5-7-18(19)2/h5-16H,4,17H2,1-3H3/b27-13+. The molecule has 2 heterocycles. The lowest BCUT2D eigenvalue weighted by Gasteiger charge is -2.09. The third-order valence-electron chi connectivity index (χ3n) is 6.04. The summed E-state index contributed by atoms with van der Waals surface area (Å²) in [4.78, 5) is 13.0. The van der Waals surface area contributed by atoms with Gasteiger partial charge >= 0.3 is 0 Å². The van der Waals surface area contributed by atoms with Gasteiger partial charge in [0.2, 0.25) is 5.78 Å². The van der Waals surface area contributed by atoms with Crippen LogP contribution in [0.2, 0.25) is 0 Å². The average Bonchev–Trinajstić information content (AvgIpc) is 3.35. The molecule has 0 saturated carbocycles. The van der Waals surface area contributed by atoms with Crippen molar-refractivity contribution in [2.45, 2.75) is 27.0 Å². The van der Waals surface area contributed by atoms with Crippen LogP contribution in [0.4, 0.5) is 0 Å². The number of rotatable bonds is 6. The van der Waals surface area contributed by atoms with Crippen molar-refractivity contribution in [2.75, 3.05) is 7.11 Å². The van der Waals surface area contributed by atoms with Gasteiger partial charge in [0.05, 0.1) is 12.7 Å². The molecular weight excluding hydrogens is 414 g/mol. The summed E-state index contributed by atoms with van der Waals surface area (Å²) >= 11 is 0. The topological polar surface area (TPSA) is 49.7 Å². The summed E-state index contributed by atoms with van der Waals surface area (Å²) in [6.07, 6.45) is 3.84. The number of ketones is 1. The summed E-state index contributed by atoms with van der Waals surface area (Å²) in [5.41, 5.74) is 4.84. The molecule has 5 nitrogen and oxygen atoms in total. The minimum atomic E-state index is -0.129. The zero-order valence-electron chi connectivity index (χ0n) is 18.9. The molecule has 0 fully saturated rings. The van der Waals surface area contributed by atoms with Gasteiger partial charge in [0, 0.05) is 35.3 Å². The summed E-state index contributed by atoms with van der Waals surface area (Å²) in [7, 11) is 1.65. The minimum Gasteiger partial charge on any atom is -0.497 e. The van der Waals surface area contributed by atoms with Crippen LogP contribution in [0.5, 0.6) is 17.2 Å². The van der Waals surface area contributed by atoms with Gasteiger partial charge in [-0.3, -0.25) is 4.79 Å². The Bertz CT molecular complexity index is 1400. The first-order chi connectivity index (χ1) is 16.1. The Hall–Kier alpha value is -3.99. The number of benzene rings is 3. The molecular formula is C28H25NO4. The minimum absolute atomic E-state index is 0.129. The van der Waals surface area contributed by atoms with E-state index in [9.17, 15) is 4.79 Å². The number of nitrogens with zero attached hydrogens (tertiary/aromatic N) is 1. The Morgan fingerprint density at radius 3 is 2.64 bits per heavy atom. The number of carbonyl (C=O) groups excluding carboxylic acids is 1. The number of hydrogen-bond acceptors (Lipinski definition) is 4. The highest BCUT2D eigenvalue weighted by Crippen LogP contribution is 2.36. The van der Waals surface area contributed by atoms with Crippen molar-refractivity contribution in [1.82, 2.24) is 4.57 Å². The molecule has 0 bridgehead atoms. The van der Waals surface area contributed by atoms with Gasteiger partial charge in [-0.15, -0.1) is 0 Å². The number of aromatic nitrogens is 1. The Labute approximate surface area is 192 Å². The molecule has 5 heteroatoms. The maximum Gasteiger partial charge on any atom is 0.231 e. The van der Waals surface area contributed by atoms with E-state index < -0.39 is 0 Å². The Kier molecular flexibility index (Phi) is 5.38. The molecule has 3 aromatic carbocycles. The van der Waals surface area contributed by atoms with Crippen LogP contribution in [0, 0.1) is 6.92 Å². The number of hydrogen-bond donors (Lipinski definition) is 0. The molecule has 1 aliphatic heterocycles. The third-order valence-corrected chi connectivity index (χ3v) is 6.04. The van der Waals surface area contributed by atoms with Gasteiger partial charge in [0.15, 0.2) is 5.76 Å². The largest absolute Gasteiger partial charge is 0.497 e. The van der Waals surface area contributed by atoms with Gasteiger partial charge in [-0.1, -0.05) is 24.3 Å². The quantitative estimate of drug-likeness (QED) is 0.337. The van der Waals surface area contributed by atoms with Gasteiger partial charge in [-0.2, -0.15) is 0 Å². The monoisotopic (exact) mass is 439 g/mol. The van der Waals surface area contributed by atoms with E-state index in [2.05, 4.69) is 24.5 Å². The number of Topliss-reactive ketones (excluding diaryl/α,β-unsaturated/α-hetero) is 1. The molecule has 0 unspecified atom stereocenters. The van der Waals surface area contributed by atoms with E-state index in [-0.39, 0.29) is 5.78 Å². The lowest BCUT2D eigenvalue weighted by Crippen LogP contribution is -1.98. The average molecular weight is 440 g/mol. The Balaban J connectivity index is 1.42. The molecule has 4 aromatic rings. The molecule has 5 rings (SSSR count). The van der Waals surface area contributed by atoms with E-state index in [0.29, 0.717) is 29.4 Å². The maximum absolute atomic E-state index is 13.0. The second-order valence-electron chi connectivity index (χ2n) is 8.07. The van der Waals surface area contributed by atoms with Crippen molar-refractivity contribution in [3.05, 3.63) is 94.9 Å². The fraction of sp³-hybridized carbons (Fsp3) is 0.179. The van der Waals surface area contributed by atoms with Crippen molar-refractivity contribution in [1.29, 1.82) is 0 Å². The Morgan fingerprint density at radius 1 is 1.03 bits per heavy atom. The van der Waals surface area contributed by atoms with E-state index in [4.69, 9.17) is 14.2 Å². The lowest BCUT2D eigenvalue weighted by molar-refractivity contribution is 0.101. The molecule has 0 atom stereocenters. The number of fused-ring (bicyclic) bond motifs is 2. The van der Waals surface area contributed by atoms with E-state index in [1.165, 1.54) is 5.56 Å². The summed E-state index contributed by atoms with van der Waals surface area (Å²) in [5, 5.41) is 1.01. The molecule has 0 N–H and O–H groups in total. The predicted molar refractivity (Wildman–Crippen MR) is 129 cm³/mol. The molecule has 166 valence electrons. The third kappa shape index (κ3) is 3.87. The zero-order valence-corrected chi connectivity index (χ0v) is 18.9. The van der Waals surface area contributed by atoms with Crippen molar-refractivity contribution < 1.29 is 19.0 Å². The molecule has 0 saturated heterocycles. The SMILES string of the molecule is CCn1cc(/C=C2/Oc3cc(OCc4ccccc4C)ccc3C2=O)c2cc(OC)ccc21. The van der Waals surface area contributed by atoms with Crippen molar-refractivity contribution in [2.24, 2.45) is 0 Å². The van der Waals surface area contributed by atoms with Gasteiger partial charge in [-0.05, 0) is 61.4 Å². The van der Waals surface area contributed by atoms with Crippen molar-refractivity contribution >= 4 is 22.8 Å². The van der Waals surface area contributed by atoms with Gasteiger partial charge in [0.1, 0.15) is 23.9 Å². The summed E-state index contributed by atoms with van der Waals surface area (Å²) < 4.78 is 19.5. The first-order valence-electron chi connectivity index (χ1n) is 11.0. The van der Waals surface area contributed by atoms with Gasteiger partial charge in [0.25, 0.3) is 0 Å². The van der Waals surface area contributed by atoms with E-state index in [1.54, 1.807) is 19.2 Å². The van der Waals surface area contributed by atoms with E-state index in [0.717, 1.165) is 34.3 Å². The van der Waals surface area contributed by atoms with Gasteiger partial charge in [-0.25, -0.2) is 0 Å². The molecule has 0 radical (unpaired) electrons. The van der Waals surface area contributed by atoms with Crippen LogP contribution in [-0.4, -0.2) is 17.5 Å². The fourth-order valence-corrected chi connectivity index (χ4v) is 4.14. The van der Waals surface area contributed by atoms with Crippen LogP contribution in [0.1, 0.15) is 34.0 Å². The predicted octanol–water partition coefficient (Wildman–Crippen LogP) is 6.17. The highest BCUT2D eigenvalue weighted by Gasteiger charge is 2.28. The van der Waals surface area contributed by atoms with Crippen LogP contribution in [0.15, 0.2) is 72.6 Å². The van der Waals surface area contributed by atoms with Crippen LogP contribution in [0.25, 0.3) is 17.0 Å². The number of carbonyl (C=O) groups is 1. The first-order valence-corrected chi connectivity index (χ1v) is 11.0. The van der Waals surface area contributed by atoms with Crippen LogP contribution in [0.3, 0.4) is 0 Å². The number of methoxy groups -OCH3 is 1. The normalized spacial score (nSPS) is 13.9. The second kappa shape index (κ2) is 8.51. The number of allylic oxidation sites excluding steroid dienone is 1. The molecule has 0 aliphatic carbocycles. The summed E-state index contributed by atoms with van der Waals surface area (Å²) in [6.45, 7) is 5.43. The molecule has 0 amide bonds. The molecule has 1 aromatic heterocycles.